The van der Waals surface area contributed by atoms with Gasteiger partial charge >= 0.3 is 11.9 Å². The standard InChI is InChI=1S/C29H40N2O4/c1-4-6-7-8-9-10-11-18-29(22-31)19-16-23(17-20-29)26(32)34-24-12-14-25(15-13-24)35-27(33)28(3,5-2)21-30/h12-15,23H,4-11,16-20H2,1-3H3. The van der Waals surface area contributed by atoms with Crippen molar-refractivity contribution in [2.24, 2.45) is 16.7 Å². The molecule has 0 amide bonds. The van der Waals surface area contributed by atoms with Gasteiger partial charge in [-0.05, 0) is 69.7 Å². The Balaban J connectivity index is 1.79. The van der Waals surface area contributed by atoms with Gasteiger partial charge in [0.1, 0.15) is 11.5 Å². The zero-order chi connectivity index (χ0) is 25.7. The number of carbonyl (C=O) groups is 2. The first-order chi connectivity index (χ1) is 16.8. The summed E-state index contributed by atoms with van der Waals surface area (Å²) < 4.78 is 10.9. The Kier molecular flexibility index (Phi) is 11.3. The summed E-state index contributed by atoms with van der Waals surface area (Å²) in [6, 6.07) is 10.8. The lowest BCUT2D eigenvalue weighted by atomic mass is 9.69. The van der Waals surface area contributed by atoms with Crippen molar-refractivity contribution in [2.45, 2.75) is 104 Å². The normalized spacial score (nSPS) is 21.2. The summed E-state index contributed by atoms with van der Waals surface area (Å²) in [5.74, 6) is -0.406. The van der Waals surface area contributed by atoms with Gasteiger partial charge in [-0.3, -0.25) is 4.79 Å². The Labute approximate surface area is 210 Å². The molecule has 1 aliphatic rings. The zero-order valence-corrected chi connectivity index (χ0v) is 21.6. The first-order valence-electron chi connectivity index (χ1n) is 13.2. The molecule has 1 aromatic carbocycles. The second kappa shape index (κ2) is 13.9. The van der Waals surface area contributed by atoms with Gasteiger partial charge in [0.2, 0.25) is 0 Å². The summed E-state index contributed by atoms with van der Waals surface area (Å²) >= 11 is 0. The van der Waals surface area contributed by atoms with Crippen LogP contribution in [0.4, 0.5) is 0 Å². The Hall–Kier alpha value is -2.86. The third kappa shape index (κ3) is 8.39. The lowest BCUT2D eigenvalue weighted by Crippen LogP contribution is -2.31. The monoisotopic (exact) mass is 480 g/mol. The molecular weight excluding hydrogens is 440 g/mol. The summed E-state index contributed by atoms with van der Waals surface area (Å²) in [4.78, 5) is 24.9. The fourth-order valence-corrected chi connectivity index (χ4v) is 4.51. The van der Waals surface area contributed by atoms with Crippen LogP contribution >= 0.6 is 0 Å². The predicted molar refractivity (Wildman–Crippen MR) is 134 cm³/mol. The van der Waals surface area contributed by atoms with E-state index in [1.807, 2.05) is 6.07 Å². The van der Waals surface area contributed by atoms with E-state index < -0.39 is 11.4 Å². The number of unbranched alkanes of at least 4 members (excludes halogenated alkanes) is 6. The molecule has 1 aliphatic carbocycles. The molecule has 1 aromatic rings. The van der Waals surface area contributed by atoms with Crippen molar-refractivity contribution < 1.29 is 19.1 Å². The highest BCUT2D eigenvalue weighted by molar-refractivity contribution is 5.81. The number of benzene rings is 1. The van der Waals surface area contributed by atoms with E-state index in [0.29, 0.717) is 30.8 Å². The molecule has 0 radical (unpaired) electrons. The van der Waals surface area contributed by atoms with Crippen LogP contribution < -0.4 is 9.47 Å². The van der Waals surface area contributed by atoms with Crippen LogP contribution in [-0.4, -0.2) is 11.9 Å². The molecule has 0 aliphatic heterocycles. The maximum Gasteiger partial charge on any atom is 0.331 e. The highest BCUT2D eigenvalue weighted by Gasteiger charge is 2.38. The second-order valence-corrected chi connectivity index (χ2v) is 10.1. The second-order valence-electron chi connectivity index (χ2n) is 10.1. The minimum absolute atomic E-state index is 0.205. The van der Waals surface area contributed by atoms with Gasteiger partial charge in [-0.15, -0.1) is 0 Å². The fraction of sp³-hybridized carbons (Fsp3) is 0.655. The van der Waals surface area contributed by atoms with Gasteiger partial charge in [-0.1, -0.05) is 58.8 Å². The molecule has 35 heavy (non-hydrogen) atoms. The van der Waals surface area contributed by atoms with E-state index >= 15 is 0 Å². The van der Waals surface area contributed by atoms with Gasteiger partial charge in [0, 0.05) is 0 Å². The van der Waals surface area contributed by atoms with Gasteiger partial charge in [0.15, 0.2) is 5.41 Å². The van der Waals surface area contributed by atoms with E-state index in [9.17, 15) is 20.1 Å². The lowest BCUT2D eigenvalue weighted by Gasteiger charge is -2.34. The molecule has 2 rings (SSSR count). The van der Waals surface area contributed by atoms with Crippen LogP contribution in [0.2, 0.25) is 0 Å². The van der Waals surface area contributed by atoms with Crippen LogP contribution in [0.25, 0.3) is 0 Å². The molecule has 1 fully saturated rings. The number of nitriles is 2. The molecule has 0 bridgehead atoms. The van der Waals surface area contributed by atoms with Crippen molar-refractivity contribution in [2.75, 3.05) is 0 Å². The topological polar surface area (TPSA) is 100 Å². The first-order valence-corrected chi connectivity index (χ1v) is 13.2. The molecule has 190 valence electrons. The highest BCUT2D eigenvalue weighted by Crippen LogP contribution is 2.43. The minimum Gasteiger partial charge on any atom is -0.426 e. The summed E-state index contributed by atoms with van der Waals surface area (Å²) in [5, 5.41) is 19.0. The van der Waals surface area contributed by atoms with Crippen molar-refractivity contribution in [3.8, 4) is 23.6 Å². The highest BCUT2D eigenvalue weighted by atomic mass is 16.5. The number of esters is 2. The molecule has 0 heterocycles. The quantitative estimate of drug-likeness (QED) is 0.167. The van der Waals surface area contributed by atoms with E-state index in [4.69, 9.17) is 9.47 Å². The van der Waals surface area contributed by atoms with E-state index in [0.717, 1.165) is 25.7 Å². The molecule has 6 nitrogen and oxygen atoms in total. The van der Waals surface area contributed by atoms with Gasteiger partial charge in [-0.25, -0.2) is 4.79 Å². The predicted octanol–water partition coefficient (Wildman–Crippen LogP) is 7.28. The van der Waals surface area contributed by atoms with Crippen molar-refractivity contribution in [1.29, 1.82) is 10.5 Å². The largest absolute Gasteiger partial charge is 0.426 e. The third-order valence-corrected chi connectivity index (χ3v) is 7.43. The smallest absolute Gasteiger partial charge is 0.331 e. The number of ether oxygens (including phenoxy) is 2. The maximum atomic E-state index is 12.7. The molecule has 0 aromatic heterocycles. The Morgan fingerprint density at radius 3 is 2.00 bits per heavy atom. The average Bonchev–Trinajstić information content (AvgIpc) is 2.89. The summed E-state index contributed by atoms with van der Waals surface area (Å²) in [6.07, 6.45) is 12.7. The number of nitrogens with zero attached hydrogens (tertiary/aromatic N) is 2. The Morgan fingerprint density at radius 1 is 0.943 bits per heavy atom. The minimum atomic E-state index is -1.20. The molecule has 0 spiro atoms. The van der Waals surface area contributed by atoms with Crippen LogP contribution in [0.3, 0.4) is 0 Å². The van der Waals surface area contributed by atoms with Crippen LogP contribution in [0.15, 0.2) is 24.3 Å². The number of carbonyl (C=O) groups excluding carboxylic acids is 2. The van der Waals surface area contributed by atoms with Crippen LogP contribution in [0, 0.1) is 39.4 Å². The Morgan fingerprint density at radius 2 is 1.49 bits per heavy atom. The van der Waals surface area contributed by atoms with Crippen molar-refractivity contribution in [1.82, 2.24) is 0 Å². The Bertz CT molecular complexity index is 904. The molecule has 1 unspecified atom stereocenters. The van der Waals surface area contributed by atoms with Gasteiger partial charge in [-0.2, -0.15) is 10.5 Å². The van der Waals surface area contributed by atoms with E-state index in [1.165, 1.54) is 38.5 Å². The zero-order valence-electron chi connectivity index (χ0n) is 21.6. The third-order valence-electron chi connectivity index (χ3n) is 7.43. The van der Waals surface area contributed by atoms with Gasteiger partial charge < -0.3 is 9.47 Å². The molecule has 1 atom stereocenters. The maximum absolute atomic E-state index is 12.7. The lowest BCUT2D eigenvalue weighted by molar-refractivity contribution is -0.142. The van der Waals surface area contributed by atoms with E-state index in [1.54, 1.807) is 38.1 Å². The summed E-state index contributed by atoms with van der Waals surface area (Å²) in [5.41, 5.74) is -1.50. The molecule has 0 N–H and O–H groups in total. The number of hydrogen-bond acceptors (Lipinski definition) is 6. The van der Waals surface area contributed by atoms with Crippen molar-refractivity contribution in [3.63, 3.8) is 0 Å². The number of rotatable bonds is 13. The van der Waals surface area contributed by atoms with Crippen molar-refractivity contribution >= 4 is 11.9 Å². The van der Waals surface area contributed by atoms with Gasteiger partial charge in [0.05, 0.1) is 23.5 Å². The average molecular weight is 481 g/mol. The van der Waals surface area contributed by atoms with Gasteiger partial charge in [0.25, 0.3) is 0 Å². The van der Waals surface area contributed by atoms with E-state index in [-0.39, 0.29) is 17.3 Å². The van der Waals surface area contributed by atoms with Crippen LogP contribution in [-0.2, 0) is 9.59 Å². The summed E-state index contributed by atoms with van der Waals surface area (Å²) in [6.45, 7) is 5.53. The van der Waals surface area contributed by atoms with E-state index in [2.05, 4.69) is 13.0 Å². The molecular formula is C29H40N2O4. The summed E-state index contributed by atoms with van der Waals surface area (Å²) in [7, 11) is 0. The van der Waals surface area contributed by atoms with Crippen LogP contribution in [0.5, 0.6) is 11.5 Å². The molecule has 1 saturated carbocycles. The molecule has 0 saturated heterocycles. The fourth-order valence-electron chi connectivity index (χ4n) is 4.51. The van der Waals surface area contributed by atoms with Crippen LogP contribution in [0.1, 0.15) is 104 Å². The van der Waals surface area contributed by atoms with Crippen molar-refractivity contribution in [3.05, 3.63) is 24.3 Å². The SMILES string of the molecule is CCCCCCCCCC1(C#N)CCC(C(=O)Oc2ccc(OC(=O)C(C)(C#N)CC)cc2)CC1. The number of hydrogen-bond donors (Lipinski definition) is 0. The first kappa shape index (κ1) is 28.4. The molecule has 6 heteroatoms.